The van der Waals surface area contributed by atoms with Crippen molar-refractivity contribution in [2.24, 2.45) is 0 Å². The number of hydrogen-bond donors (Lipinski definition) is 2. The lowest BCUT2D eigenvalue weighted by Gasteiger charge is -2.19. The zero-order valence-electron chi connectivity index (χ0n) is 21.7. The summed E-state index contributed by atoms with van der Waals surface area (Å²) in [5, 5.41) is 5.59. The van der Waals surface area contributed by atoms with Crippen LogP contribution >= 0.6 is 0 Å². The van der Waals surface area contributed by atoms with Crippen molar-refractivity contribution in [2.75, 3.05) is 5.32 Å². The Kier molecular flexibility index (Phi) is 7.96. The molecule has 4 aromatic rings. The van der Waals surface area contributed by atoms with Gasteiger partial charge in [0.2, 0.25) is 0 Å². The van der Waals surface area contributed by atoms with Crippen molar-refractivity contribution in [3.63, 3.8) is 0 Å². The summed E-state index contributed by atoms with van der Waals surface area (Å²) in [5.74, 6) is 0.218. The van der Waals surface area contributed by atoms with E-state index >= 15 is 0 Å². The highest BCUT2D eigenvalue weighted by molar-refractivity contribution is 6.04. The van der Waals surface area contributed by atoms with Crippen molar-refractivity contribution in [3.05, 3.63) is 95.9 Å². The molecule has 0 radical (unpaired) electrons. The highest BCUT2D eigenvalue weighted by atomic mass is 16.6. The zero-order valence-corrected chi connectivity index (χ0v) is 21.7. The summed E-state index contributed by atoms with van der Waals surface area (Å²) in [7, 11) is 0. The van der Waals surface area contributed by atoms with E-state index in [-0.39, 0.29) is 18.5 Å². The van der Waals surface area contributed by atoms with Crippen LogP contribution in [0.5, 0.6) is 11.8 Å². The Balaban J connectivity index is 1.43. The van der Waals surface area contributed by atoms with E-state index in [1.807, 2.05) is 31.2 Å². The van der Waals surface area contributed by atoms with Crippen LogP contribution in [0.1, 0.15) is 42.3 Å². The topological polar surface area (TPSA) is 115 Å². The van der Waals surface area contributed by atoms with E-state index in [0.717, 1.165) is 16.7 Å². The molecule has 2 aromatic carbocycles. The summed E-state index contributed by atoms with van der Waals surface area (Å²) in [6, 6.07) is 18.1. The zero-order chi connectivity index (χ0) is 27.1. The number of anilines is 1. The van der Waals surface area contributed by atoms with E-state index in [0.29, 0.717) is 22.7 Å². The maximum atomic E-state index is 13.0. The van der Waals surface area contributed by atoms with Crippen LogP contribution in [0.2, 0.25) is 0 Å². The molecule has 2 heterocycles. The number of pyridine rings is 1. The van der Waals surface area contributed by atoms with Gasteiger partial charge in [-0.15, -0.1) is 0 Å². The third kappa shape index (κ3) is 7.36. The van der Waals surface area contributed by atoms with Crippen molar-refractivity contribution in [1.29, 1.82) is 0 Å². The molecule has 0 saturated heterocycles. The molecule has 0 fully saturated rings. The monoisotopic (exact) mass is 511 g/mol. The number of carbonyl (C=O) groups is 2. The maximum Gasteiger partial charge on any atom is 0.407 e. The number of benzene rings is 2. The van der Waals surface area contributed by atoms with Gasteiger partial charge in [-0.1, -0.05) is 18.2 Å². The van der Waals surface area contributed by atoms with Gasteiger partial charge in [-0.05, 0) is 75.2 Å². The minimum atomic E-state index is -0.587. The minimum absolute atomic E-state index is 0.183. The number of hydrogen-bond acceptors (Lipinski definition) is 7. The second kappa shape index (κ2) is 11.5. The summed E-state index contributed by atoms with van der Waals surface area (Å²) in [4.78, 5) is 37.7. The molecular formula is C29H29N5O4. The molecule has 0 bridgehead atoms. The Labute approximate surface area is 221 Å². The Morgan fingerprint density at radius 2 is 1.82 bits per heavy atom. The van der Waals surface area contributed by atoms with Crippen molar-refractivity contribution >= 4 is 17.7 Å². The third-order valence-corrected chi connectivity index (χ3v) is 5.26. The normalized spacial score (nSPS) is 10.9. The summed E-state index contributed by atoms with van der Waals surface area (Å²) in [6.45, 7) is 7.52. The maximum absolute atomic E-state index is 13.0. The fraction of sp³-hybridized carbons (Fsp3) is 0.207. The van der Waals surface area contributed by atoms with Crippen LogP contribution in [0.4, 0.5) is 10.5 Å². The number of alkyl carbamates (subject to hydrolysis) is 1. The number of nitrogens with one attached hydrogen (secondary N) is 2. The average molecular weight is 512 g/mol. The van der Waals surface area contributed by atoms with Gasteiger partial charge in [0.15, 0.2) is 0 Å². The van der Waals surface area contributed by atoms with E-state index in [4.69, 9.17) is 9.47 Å². The molecule has 2 N–H and O–H groups in total. The van der Waals surface area contributed by atoms with Gasteiger partial charge in [-0.3, -0.25) is 9.78 Å². The number of amides is 2. The summed E-state index contributed by atoms with van der Waals surface area (Å²) in [5.41, 5.74) is 3.57. The minimum Gasteiger partial charge on any atom is -0.444 e. The molecule has 9 nitrogen and oxygen atoms in total. The second-order valence-corrected chi connectivity index (χ2v) is 9.56. The van der Waals surface area contributed by atoms with Gasteiger partial charge in [-0.25, -0.2) is 9.78 Å². The second-order valence-electron chi connectivity index (χ2n) is 9.56. The predicted octanol–water partition coefficient (Wildman–Crippen LogP) is 5.92. The van der Waals surface area contributed by atoms with Crippen LogP contribution in [0.3, 0.4) is 0 Å². The van der Waals surface area contributed by atoms with Crippen LogP contribution < -0.4 is 15.4 Å². The lowest BCUT2D eigenvalue weighted by atomic mass is 10.1. The molecule has 0 saturated carbocycles. The average Bonchev–Trinajstić information content (AvgIpc) is 2.89. The SMILES string of the molecule is Cc1ccc(NC(=O)c2cccc(CNC(=O)OC(C)(C)C)c2)cc1Oc1nccc(-c2cccnc2)n1. The van der Waals surface area contributed by atoms with E-state index in [2.05, 4.69) is 25.6 Å². The molecule has 0 aliphatic rings. The smallest absolute Gasteiger partial charge is 0.407 e. The van der Waals surface area contributed by atoms with Gasteiger partial charge in [0.25, 0.3) is 5.91 Å². The van der Waals surface area contributed by atoms with Gasteiger partial charge in [0.05, 0.1) is 5.69 Å². The number of nitrogens with zero attached hydrogens (tertiary/aromatic N) is 3. The van der Waals surface area contributed by atoms with Crippen molar-refractivity contribution < 1.29 is 19.1 Å². The molecule has 4 rings (SSSR count). The number of rotatable bonds is 7. The highest BCUT2D eigenvalue weighted by Crippen LogP contribution is 2.27. The Hall–Kier alpha value is -4.79. The van der Waals surface area contributed by atoms with Crippen LogP contribution in [0.15, 0.2) is 79.3 Å². The van der Waals surface area contributed by atoms with Gasteiger partial charge in [0.1, 0.15) is 11.4 Å². The van der Waals surface area contributed by atoms with Crippen LogP contribution in [0.25, 0.3) is 11.3 Å². The molecule has 2 aromatic heterocycles. The first-order chi connectivity index (χ1) is 18.2. The molecule has 0 aliphatic heterocycles. The molecule has 2 amide bonds. The number of aryl methyl sites for hydroxylation is 1. The molecule has 0 aliphatic carbocycles. The highest BCUT2D eigenvalue weighted by Gasteiger charge is 2.16. The molecular weight excluding hydrogens is 482 g/mol. The molecule has 9 heteroatoms. The first-order valence-corrected chi connectivity index (χ1v) is 12.1. The van der Waals surface area contributed by atoms with Gasteiger partial charge < -0.3 is 20.1 Å². The van der Waals surface area contributed by atoms with E-state index < -0.39 is 11.7 Å². The van der Waals surface area contributed by atoms with Crippen LogP contribution in [0, 0.1) is 6.92 Å². The lowest BCUT2D eigenvalue weighted by molar-refractivity contribution is 0.0523. The lowest BCUT2D eigenvalue weighted by Crippen LogP contribution is -2.32. The standard InChI is InChI=1S/C29H29N5O4/c1-19-10-11-23(16-25(19)37-27-31-14-12-24(34-27)22-9-6-13-30-18-22)33-26(35)21-8-5-7-20(15-21)17-32-28(36)38-29(2,3)4/h5-16,18H,17H2,1-4H3,(H,32,36)(H,33,35). The van der Waals surface area contributed by atoms with Gasteiger partial charge in [-0.2, -0.15) is 4.98 Å². The summed E-state index contributed by atoms with van der Waals surface area (Å²) < 4.78 is 11.2. The van der Waals surface area contributed by atoms with Crippen molar-refractivity contribution in [3.8, 4) is 23.0 Å². The van der Waals surface area contributed by atoms with E-state index in [1.54, 1.807) is 75.8 Å². The molecule has 38 heavy (non-hydrogen) atoms. The predicted molar refractivity (Wildman–Crippen MR) is 144 cm³/mol. The molecule has 0 spiro atoms. The number of aromatic nitrogens is 3. The quantitative estimate of drug-likeness (QED) is 0.317. The first-order valence-electron chi connectivity index (χ1n) is 12.1. The summed E-state index contributed by atoms with van der Waals surface area (Å²) >= 11 is 0. The fourth-order valence-electron chi connectivity index (χ4n) is 3.47. The fourth-order valence-corrected chi connectivity index (χ4v) is 3.47. The molecule has 0 atom stereocenters. The summed E-state index contributed by atoms with van der Waals surface area (Å²) in [6.07, 6.45) is 4.52. The third-order valence-electron chi connectivity index (χ3n) is 5.26. The molecule has 194 valence electrons. The molecule has 0 unspecified atom stereocenters. The number of carbonyl (C=O) groups excluding carboxylic acids is 2. The van der Waals surface area contributed by atoms with E-state index in [9.17, 15) is 9.59 Å². The largest absolute Gasteiger partial charge is 0.444 e. The Morgan fingerprint density at radius 3 is 2.58 bits per heavy atom. The van der Waals surface area contributed by atoms with Crippen LogP contribution in [-0.2, 0) is 11.3 Å². The van der Waals surface area contributed by atoms with E-state index in [1.165, 1.54) is 0 Å². The Morgan fingerprint density at radius 1 is 0.974 bits per heavy atom. The Bertz CT molecular complexity index is 1430. The van der Waals surface area contributed by atoms with Crippen molar-refractivity contribution in [2.45, 2.75) is 39.8 Å². The van der Waals surface area contributed by atoms with Gasteiger partial charge in [0, 0.05) is 48.0 Å². The van der Waals surface area contributed by atoms with Gasteiger partial charge >= 0.3 is 12.1 Å². The van der Waals surface area contributed by atoms with Crippen molar-refractivity contribution in [1.82, 2.24) is 20.3 Å². The van der Waals surface area contributed by atoms with Crippen LogP contribution in [-0.4, -0.2) is 32.6 Å². The first kappa shape index (κ1) is 26.3. The number of ether oxygens (including phenoxy) is 2.